The van der Waals surface area contributed by atoms with Crippen molar-refractivity contribution in [1.82, 2.24) is 10.2 Å². The Bertz CT molecular complexity index is 184. The number of halogens is 1. The fraction of sp³-hybridized carbons (Fsp3) is 0.889. The van der Waals surface area contributed by atoms with E-state index in [9.17, 15) is 4.79 Å². The molecule has 1 saturated carbocycles. The fourth-order valence-electron chi connectivity index (χ4n) is 1.54. The Morgan fingerprint density at radius 3 is 2.54 bits per heavy atom. The summed E-state index contributed by atoms with van der Waals surface area (Å²) in [5, 5.41) is 3.03. The Morgan fingerprint density at radius 1 is 1.38 bits per heavy atom. The summed E-state index contributed by atoms with van der Waals surface area (Å²) in [7, 11) is 3.47. The largest absolute Gasteiger partial charge is 0.334 e. The predicted molar refractivity (Wildman–Crippen MR) is 54.1 cm³/mol. The molecule has 4 heteroatoms. The van der Waals surface area contributed by atoms with Crippen molar-refractivity contribution < 1.29 is 4.79 Å². The maximum atomic E-state index is 11.3. The number of carbonyl (C=O) groups is 1. The molecule has 76 valence electrons. The van der Waals surface area contributed by atoms with Gasteiger partial charge in [0.1, 0.15) is 0 Å². The van der Waals surface area contributed by atoms with E-state index < -0.39 is 0 Å². The number of amides is 2. The van der Waals surface area contributed by atoms with Crippen LogP contribution in [0.25, 0.3) is 0 Å². The molecule has 2 amide bonds. The maximum absolute atomic E-state index is 11.3. The topological polar surface area (TPSA) is 32.3 Å². The standard InChI is InChI=1S/C9H17ClN2O/c1-12(2)9(13)11-8-6-4-3-5-7(8)10/h7-8H,3-6H2,1-2H3,(H,11,13)/t7-,8-/m0/s1. The van der Waals surface area contributed by atoms with Gasteiger partial charge in [-0.2, -0.15) is 0 Å². The van der Waals surface area contributed by atoms with E-state index in [1.165, 1.54) is 17.7 Å². The van der Waals surface area contributed by atoms with Crippen molar-refractivity contribution in [1.29, 1.82) is 0 Å². The Kier molecular flexibility index (Phi) is 3.85. The number of hydrogen-bond acceptors (Lipinski definition) is 1. The Balaban J connectivity index is 2.38. The van der Waals surface area contributed by atoms with Crippen molar-refractivity contribution in [3.05, 3.63) is 0 Å². The highest BCUT2D eigenvalue weighted by molar-refractivity contribution is 6.21. The molecule has 13 heavy (non-hydrogen) atoms. The van der Waals surface area contributed by atoms with Gasteiger partial charge in [-0.05, 0) is 12.8 Å². The van der Waals surface area contributed by atoms with Crippen LogP contribution in [0.15, 0.2) is 0 Å². The highest BCUT2D eigenvalue weighted by atomic mass is 35.5. The molecular weight excluding hydrogens is 188 g/mol. The van der Waals surface area contributed by atoms with E-state index in [2.05, 4.69) is 5.32 Å². The Hall–Kier alpha value is -0.440. The van der Waals surface area contributed by atoms with Gasteiger partial charge in [0.2, 0.25) is 0 Å². The second-order valence-corrected chi connectivity index (χ2v) is 4.31. The van der Waals surface area contributed by atoms with Crippen LogP contribution in [-0.2, 0) is 0 Å². The van der Waals surface area contributed by atoms with Crippen molar-refractivity contribution in [2.24, 2.45) is 0 Å². The molecule has 1 aliphatic carbocycles. The molecule has 1 rings (SSSR count). The SMILES string of the molecule is CN(C)C(=O)N[C@H]1CCCC[C@@H]1Cl. The molecule has 2 atom stereocenters. The van der Waals surface area contributed by atoms with Crippen LogP contribution in [0.2, 0.25) is 0 Å². The van der Waals surface area contributed by atoms with Gasteiger partial charge < -0.3 is 10.2 Å². The summed E-state index contributed by atoms with van der Waals surface area (Å²) >= 11 is 6.10. The molecule has 0 aromatic heterocycles. The Labute approximate surface area is 84.4 Å². The van der Waals surface area contributed by atoms with Gasteiger partial charge in [-0.1, -0.05) is 12.8 Å². The molecule has 0 heterocycles. The van der Waals surface area contributed by atoms with Crippen molar-refractivity contribution in [3.63, 3.8) is 0 Å². The highest BCUT2D eigenvalue weighted by Gasteiger charge is 2.24. The average Bonchev–Trinajstić information content (AvgIpc) is 2.08. The first-order valence-electron chi connectivity index (χ1n) is 4.73. The molecule has 0 unspecified atom stereocenters. The molecule has 0 radical (unpaired) electrons. The third kappa shape index (κ3) is 3.07. The summed E-state index contributed by atoms with van der Waals surface area (Å²) < 4.78 is 0. The maximum Gasteiger partial charge on any atom is 0.317 e. The second kappa shape index (κ2) is 4.70. The van der Waals surface area contributed by atoms with Gasteiger partial charge in [0.05, 0.1) is 5.38 Å². The van der Waals surface area contributed by atoms with Crippen LogP contribution < -0.4 is 5.32 Å². The zero-order valence-corrected chi connectivity index (χ0v) is 8.97. The number of nitrogens with zero attached hydrogens (tertiary/aromatic N) is 1. The summed E-state index contributed by atoms with van der Waals surface area (Å²) in [6, 6.07) is 0.114. The quantitative estimate of drug-likeness (QED) is 0.650. The van der Waals surface area contributed by atoms with Crippen molar-refractivity contribution >= 4 is 17.6 Å². The van der Waals surface area contributed by atoms with Gasteiger partial charge in [0, 0.05) is 20.1 Å². The number of alkyl halides is 1. The first kappa shape index (κ1) is 10.6. The average molecular weight is 205 g/mol. The monoisotopic (exact) mass is 204 g/mol. The molecule has 0 aliphatic heterocycles. The predicted octanol–water partition coefficient (Wildman–Crippen LogP) is 1.81. The summed E-state index contributed by atoms with van der Waals surface area (Å²) in [5.74, 6) is 0. The molecule has 0 bridgehead atoms. The smallest absolute Gasteiger partial charge is 0.317 e. The molecule has 0 spiro atoms. The lowest BCUT2D eigenvalue weighted by Gasteiger charge is -2.28. The number of nitrogens with one attached hydrogen (secondary N) is 1. The van der Waals surface area contributed by atoms with Crippen molar-refractivity contribution in [2.45, 2.75) is 37.1 Å². The molecule has 1 fully saturated rings. The van der Waals surface area contributed by atoms with Gasteiger partial charge in [0.15, 0.2) is 0 Å². The van der Waals surface area contributed by atoms with Gasteiger partial charge in [-0.3, -0.25) is 0 Å². The highest BCUT2D eigenvalue weighted by Crippen LogP contribution is 2.22. The molecule has 3 nitrogen and oxygen atoms in total. The van der Waals surface area contributed by atoms with E-state index in [4.69, 9.17) is 11.6 Å². The number of carbonyl (C=O) groups excluding carboxylic acids is 1. The van der Waals surface area contributed by atoms with E-state index in [-0.39, 0.29) is 17.5 Å². The summed E-state index contributed by atoms with van der Waals surface area (Å²) in [4.78, 5) is 12.9. The van der Waals surface area contributed by atoms with Crippen molar-refractivity contribution in [3.8, 4) is 0 Å². The van der Waals surface area contributed by atoms with E-state index >= 15 is 0 Å². The summed E-state index contributed by atoms with van der Waals surface area (Å²) in [5.41, 5.74) is 0. The lowest BCUT2D eigenvalue weighted by atomic mass is 9.95. The van der Waals surface area contributed by atoms with Gasteiger partial charge >= 0.3 is 6.03 Å². The zero-order valence-electron chi connectivity index (χ0n) is 8.22. The second-order valence-electron chi connectivity index (χ2n) is 3.75. The molecule has 0 saturated heterocycles. The van der Waals surface area contributed by atoms with Gasteiger partial charge in [0.25, 0.3) is 0 Å². The minimum atomic E-state index is -0.0439. The van der Waals surface area contributed by atoms with Crippen LogP contribution in [0.1, 0.15) is 25.7 Å². The lowest BCUT2D eigenvalue weighted by molar-refractivity contribution is 0.209. The van der Waals surface area contributed by atoms with Gasteiger partial charge in [-0.15, -0.1) is 11.6 Å². The molecule has 0 aromatic rings. The van der Waals surface area contributed by atoms with Crippen LogP contribution in [0.4, 0.5) is 4.79 Å². The van der Waals surface area contributed by atoms with Crippen LogP contribution in [0.3, 0.4) is 0 Å². The van der Waals surface area contributed by atoms with Gasteiger partial charge in [-0.25, -0.2) is 4.79 Å². The van der Waals surface area contributed by atoms with E-state index in [1.54, 1.807) is 14.1 Å². The van der Waals surface area contributed by atoms with Crippen LogP contribution in [0, 0.1) is 0 Å². The minimum absolute atomic E-state index is 0.0439. The number of hydrogen-bond donors (Lipinski definition) is 1. The minimum Gasteiger partial charge on any atom is -0.334 e. The van der Waals surface area contributed by atoms with E-state index in [0.29, 0.717) is 0 Å². The first-order valence-corrected chi connectivity index (χ1v) is 5.17. The van der Waals surface area contributed by atoms with E-state index in [1.807, 2.05) is 0 Å². The third-order valence-corrected chi connectivity index (χ3v) is 2.92. The van der Waals surface area contributed by atoms with Crippen LogP contribution in [-0.4, -0.2) is 36.4 Å². The normalized spacial score (nSPS) is 28.2. The van der Waals surface area contributed by atoms with Crippen LogP contribution in [0.5, 0.6) is 0 Å². The zero-order chi connectivity index (χ0) is 9.84. The summed E-state index contributed by atoms with van der Waals surface area (Å²) in [6.07, 6.45) is 4.37. The number of rotatable bonds is 1. The fourth-order valence-corrected chi connectivity index (χ4v) is 1.88. The molecule has 0 aromatic carbocycles. The van der Waals surface area contributed by atoms with E-state index in [0.717, 1.165) is 12.8 Å². The summed E-state index contributed by atoms with van der Waals surface area (Å²) in [6.45, 7) is 0. The van der Waals surface area contributed by atoms with Crippen LogP contribution >= 0.6 is 11.6 Å². The molecular formula is C9H17ClN2O. The first-order chi connectivity index (χ1) is 6.11. The third-order valence-electron chi connectivity index (χ3n) is 2.40. The number of urea groups is 1. The molecule has 1 N–H and O–H groups in total. The lowest BCUT2D eigenvalue weighted by Crippen LogP contribution is -2.46. The molecule has 1 aliphatic rings. The Morgan fingerprint density at radius 2 is 2.00 bits per heavy atom. The van der Waals surface area contributed by atoms with Crippen molar-refractivity contribution in [2.75, 3.05) is 14.1 Å².